The second kappa shape index (κ2) is 8.87. The summed E-state index contributed by atoms with van der Waals surface area (Å²) < 4.78 is 3.97. The van der Waals surface area contributed by atoms with Crippen LogP contribution in [0.25, 0.3) is 10.9 Å². The van der Waals surface area contributed by atoms with Gasteiger partial charge in [-0.15, -0.1) is 12.4 Å². The van der Waals surface area contributed by atoms with Gasteiger partial charge in [-0.25, -0.2) is 0 Å². The number of fused-ring (bicyclic) bond motifs is 7. The zero-order valence-electron chi connectivity index (χ0n) is 19.4. The van der Waals surface area contributed by atoms with Gasteiger partial charge in [0.05, 0.1) is 12.6 Å². The number of amides is 1. The van der Waals surface area contributed by atoms with Crippen LogP contribution in [0.1, 0.15) is 34.1 Å². The molecule has 2 unspecified atom stereocenters. The fourth-order valence-electron chi connectivity index (χ4n) is 6.34. The number of hydrogen-bond donors (Lipinski definition) is 1. The van der Waals surface area contributed by atoms with Gasteiger partial charge in [0.15, 0.2) is 0 Å². The van der Waals surface area contributed by atoms with E-state index in [4.69, 9.17) is 0 Å². The van der Waals surface area contributed by atoms with Gasteiger partial charge in [0.1, 0.15) is 5.69 Å². The fourth-order valence-corrected chi connectivity index (χ4v) is 6.34. The van der Waals surface area contributed by atoms with Crippen molar-refractivity contribution in [1.82, 2.24) is 18.9 Å². The standard InChI is InChI=1S/C26H30N4O3.ClH/c1-27-10-9-21-20-5-2-3-6-23(20)30(25(21)26(27)33)16-19(31)15-28-12-17-11-18(14-28)22-7-4-8-24(32)29(22)13-17;/h2-8,17-19,31H,9-16H2,1H3;1H/t17-,18?,19?;/m0./s1. The molecule has 2 bridgehead atoms. The van der Waals surface area contributed by atoms with E-state index in [2.05, 4.69) is 17.0 Å². The average Bonchev–Trinajstić information content (AvgIpc) is 3.11. The fraction of sp³-hybridized carbons (Fsp3) is 0.462. The van der Waals surface area contributed by atoms with E-state index in [9.17, 15) is 14.7 Å². The monoisotopic (exact) mass is 482 g/mol. The minimum atomic E-state index is -0.582. The molecule has 0 saturated carbocycles. The van der Waals surface area contributed by atoms with Crippen LogP contribution in [0.15, 0.2) is 47.3 Å². The molecule has 0 spiro atoms. The van der Waals surface area contributed by atoms with E-state index in [0.29, 0.717) is 24.9 Å². The number of likely N-dealkylation sites (tertiary alicyclic amines) is 1. The summed E-state index contributed by atoms with van der Waals surface area (Å²) in [7, 11) is 1.85. The van der Waals surface area contributed by atoms with E-state index in [0.717, 1.165) is 66.9 Å². The molecule has 0 radical (unpaired) electrons. The lowest BCUT2D eigenvalue weighted by atomic mass is 9.83. The van der Waals surface area contributed by atoms with Gasteiger partial charge in [-0.05, 0) is 36.5 Å². The molecule has 1 aromatic carbocycles. The molecule has 34 heavy (non-hydrogen) atoms. The van der Waals surface area contributed by atoms with Crippen LogP contribution in [-0.4, -0.2) is 69.3 Å². The van der Waals surface area contributed by atoms with Crippen molar-refractivity contribution in [2.45, 2.75) is 38.0 Å². The highest BCUT2D eigenvalue weighted by Crippen LogP contribution is 2.35. The third kappa shape index (κ3) is 3.76. The van der Waals surface area contributed by atoms with E-state index < -0.39 is 6.10 Å². The minimum Gasteiger partial charge on any atom is -0.390 e. The molecule has 5 heterocycles. The number of benzene rings is 1. The van der Waals surface area contributed by atoms with E-state index in [1.165, 1.54) is 0 Å². The number of β-amino-alcohol motifs (C(OH)–C–C–N with tert-alkyl or cyclic N) is 1. The summed E-state index contributed by atoms with van der Waals surface area (Å²) in [5.74, 6) is 0.794. The summed E-state index contributed by atoms with van der Waals surface area (Å²) in [5, 5.41) is 12.3. The van der Waals surface area contributed by atoms with Gasteiger partial charge >= 0.3 is 0 Å². The zero-order valence-corrected chi connectivity index (χ0v) is 20.2. The number of carbonyl (C=O) groups excluding carboxylic acids is 1. The number of hydrogen-bond acceptors (Lipinski definition) is 4. The van der Waals surface area contributed by atoms with Crippen LogP contribution in [0.3, 0.4) is 0 Å². The molecule has 8 heteroatoms. The molecular weight excluding hydrogens is 452 g/mol. The molecule has 7 nitrogen and oxygen atoms in total. The maximum absolute atomic E-state index is 13.0. The lowest BCUT2D eigenvalue weighted by Gasteiger charge is -2.43. The van der Waals surface area contributed by atoms with Gasteiger partial charge in [0, 0.05) is 68.4 Å². The summed E-state index contributed by atoms with van der Waals surface area (Å²) in [6.07, 6.45) is 1.36. The van der Waals surface area contributed by atoms with Crippen molar-refractivity contribution in [2.24, 2.45) is 5.92 Å². The van der Waals surface area contributed by atoms with E-state index in [1.807, 2.05) is 40.4 Å². The van der Waals surface area contributed by atoms with Crippen molar-refractivity contribution < 1.29 is 9.90 Å². The van der Waals surface area contributed by atoms with E-state index in [-0.39, 0.29) is 23.9 Å². The largest absolute Gasteiger partial charge is 0.390 e. The molecule has 2 aromatic heterocycles. The van der Waals surface area contributed by atoms with Gasteiger partial charge < -0.3 is 19.1 Å². The maximum Gasteiger partial charge on any atom is 0.270 e. The molecule has 3 aliphatic heterocycles. The first-order valence-electron chi connectivity index (χ1n) is 12.0. The number of para-hydroxylation sites is 1. The quantitative estimate of drug-likeness (QED) is 0.619. The van der Waals surface area contributed by atoms with Gasteiger partial charge in [-0.2, -0.15) is 0 Å². The zero-order chi connectivity index (χ0) is 22.7. The third-order valence-electron chi connectivity index (χ3n) is 7.74. The van der Waals surface area contributed by atoms with Crippen molar-refractivity contribution >= 4 is 29.2 Å². The Hall–Kier alpha value is -2.61. The second-order valence-corrected chi connectivity index (χ2v) is 10.0. The molecule has 1 N–H and O–H groups in total. The van der Waals surface area contributed by atoms with E-state index >= 15 is 0 Å². The van der Waals surface area contributed by atoms with Crippen LogP contribution < -0.4 is 5.56 Å². The summed E-state index contributed by atoms with van der Waals surface area (Å²) in [6, 6.07) is 13.7. The number of pyridine rings is 1. The number of aliphatic hydroxyl groups excluding tert-OH is 1. The molecular formula is C26H31ClN4O3. The Morgan fingerprint density at radius 1 is 1.03 bits per heavy atom. The predicted molar refractivity (Wildman–Crippen MR) is 134 cm³/mol. The molecule has 180 valence electrons. The number of aromatic nitrogens is 2. The lowest BCUT2D eigenvalue weighted by molar-refractivity contribution is 0.0542. The SMILES string of the molecule is CN1CCc2c(n(CC(O)CN3CC4C[C@@H](C3)Cn3c4cccc3=O)c3ccccc23)C1=O.Cl. The molecule has 3 aromatic rings. The van der Waals surface area contributed by atoms with Crippen LogP contribution in [0.5, 0.6) is 0 Å². The lowest BCUT2D eigenvalue weighted by Crippen LogP contribution is -2.49. The average molecular weight is 483 g/mol. The molecule has 3 aliphatic rings. The van der Waals surface area contributed by atoms with Crippen LogP contribution in [-0.2, 0) is 19.5 Å². The minimum absolute atomic E-state index is 0. The van der Waals surface area contributed by atoms with E-state index in [1.54, 1.807) is 11.0 Å². The summed E-state index contributed by atoms with van der Waals surface area (Å²) >= 11 is 0. The smallest absolute Gasteiger partial charge is 0.270 e. The molecule has 1 saturated heterocycles. The maximum atomic E-state index is 13.0. The first kappa shape index (κ1) is 23.1. The van der Waals surface area contributed by atoms with Crippen molar-refractivity contribution in [3.8, 4) is 0 Å². The number of aliphatic hydroxyl groups is 1. The van der Waals surface area contributed by atoms with Crippen LogP contribution in [0, 0.1) is 5.92 Å². The first-order chi connectivity index (χ1) is 16.0. The summed E-state index contributed by atoms with van der Waals surface area (Å²) in [6.45, 7) is 4.19. The van der Waals surface area contributed by atoms with Crippen LogP contribution in [0.4, 0.5) is 0 Å². The topological polar surface area (TPSA) is 70.7 Å². The molecule has 3 atom stereocenters. The number of carbonyl (C=O) groups is 1. The van der Waals surface area contributed by atoms with Gasteiger partial charge in [0.25, 0.3) is 11.5 Å². The van der Waals surface area contributed by atoms with Crippen molar-refractivity contribution in [2.75, 3.05) is 33.2 Å². The molecule has 0 aliphatic carbocycles. The van der Waals surface area contributed by atoms with Gasteiger partial charge in [-0.1, -0.05) is 24.3 Å². The molecule has 6 rings (SSSR count). The number of piperidine rings is 1. The first-order valence-corrected chi connectivity index (χ1v) is 12.0. The number of rotatable bonds is 4. The number of nitrogens with zero attached hydrogens (tertiary/aromatic N) is 4. The van der Waals surface area contributed by atoms with Crippen molar-refractivity contribution in [1.29, 1.82) is 0 Å². The predicted octanol–water partition coefficient (Wildman–Crippen LogP) is 2.33. The van der Waals surface area contributed by atoms with Crippen molar-refractivity contribution in [3.05, 3.63) is 69.8 Å². The third-order valence-corrected chi connectivity index (χ3v) is 7.74. The Balaban J connectivity index is 0.00000241. The normalized spacial score (nSPS) is 22.8. The Morgan fingerprint density at radius 2 is 1.85 bits per heavy atom. The van der Waals surface area contributed by atoms with Crippen LogP contribution in [0.2, 0.25) is 0 Å². The number of likely N-dealkylation sites (N-methyl/N-ethyl adjacent to an activating group) is 1. The molecule has 1 amide bonds. The highest BCUT2D eigenvalue weighted by atomic mass is 35.5. The Kier molecular flexibility index (Phi) is 6.04. The Bertz CT molecular complexity index is 1300. The second-order valence-electron chi connectivity index (χ2n) is 10.0. The van der Waals surface area contributed by atoms with Gasteiger partial charge in [0.2, 0.25) is 0 Å². The van der Waals surface area contributed by atoms with Crippen LogP contribution >= 0.6 is 12.4 Å². The Labute approximate surface area is 205 Å². The highest BCUT2D eigenvalue weighted by Gasteiger charge is 2.35. The van der Waals surface area contributed by atoms with Crippen molar-refractivity contribution in [3.63, 3.8) is 0 Å². The Morgan fingerprint density at radius 3 is 2.71 bits per heavy atom. The summed E-state index contributed by atoms with van der Waals surface area (Å²) in [5.41, 5.74) is 4.07. The van der Waals surface area contributed by atoms with Gasteiger partial charge in [-0.3, -0.25) is 14.5 Å². The molecule has 1 fully saturated rings. The summed E-state index contributed by atoms with van der Waals surface area (Å²) in [4.78, 5) is 29.4. The highest BCUT2D eigenvalue weighted by molar-refractivity contribution is 6.02. The number of halogens is 1.